The number of hydrogen-bond donors (Lipinski definition) is 3. The van der Waals surface area contributed by atoms with E-state index in [1.165, 1.54) is 10.5 Å². The van der Waals surface area contributed by atoms with Crippen LogP contribution in [0.15, 0.2) is 48.5 Å². The minimum absolute atomic E-state index is 0.106. The summed E-state index contributed by atoms with van der Waals surface area (Å²) >= 11 is 0. The highest BCUT2D eigenvalue weighted by Gasteiger charge is 2.24. The molecule has 2 aromatic carbocycles. The Labute approximate surface area is 159 Å². The highest BCUT2D eigenvalue weighted by molar-refractivity contribution is 5.76. The van der Waals surface area contributed by atoms with Gasteiger partial charge in [0.15, 0.2) is 18.0 Å². The first-order chi connectivity index (χ1) is 13.3. The van der Waals surface area contributed by atoms with E-state index >= 15 is 0 Å². The van der Waals surface area contributed by atoms with Gasteiger partial charge in [0.2, 0.25) is 6.79 Å². The molecule has 6 heteroatoms. The lowest BCUT2D eigenvalue weighted by atomic mass is 10.2. The van der Waals surface area contributed by atoms with E-state index in [1.54, 1.807) is 4.90 Å². The van der Waals surface area contributed by atoms with Crippen LogP contribution in [-0.4, -0.2) is 45.4 Å². The molecule has 3 N–H and O–H groups in total. The van der Waals surface area contributed by atoms with Gasteiger partial charge in [-0.05, 0) is 17.7 Å². The molecule has 0 aromatic heterocycles. The number of carbonyl (C=O) groups is 1. The van der Waals surface area contributed by atoms with Crippen molar-refractivity contribution in [2.45, 2.75) is 13.1 Å². The van der Waals surface area contributed by atoms with Crippen molar-refractivity contribution in [2.75, 3.05) is 39.5 Å². The molecule has 0 radical (unpaired) electrons. The third-order valence-electron chi connectivity index (χ3n) is 5.30. The number of amides is 1. The van der Waals surface area contributed by atoms with E-state index in [-0.39, 0.29) is 12.7 Å². The standard InChI is InChI=1S/C21H25N3O3/c25-21(22-13-18-6-7-19-20(12-18)27-16-26-19)15-24-10-8-23(9-11-24)14-17-4-2-1-3-5-17/h1-7,12H,8-11,13-16H2,(H,22,25)/p+2. The number of ether oxygens (including phenoxy) is 2. The lowest BCUT2D eigenvalue weighted by Gasteiger charge is -2.29. The second-order valence-corrected chi connectivity index (χ2v) is 7.30. The predicted molar refractivity (Wildman–Crippen MR) is 101 cm³/mol. The second-order valence-electron chi connectivity index (χ2n) is 7.30. The number of quaternary nitrogens is 2. The lowest BCUT2D eigenvalue weighted by molar-refractivity contribution is -1.02. The molecule has 2 aromatic rings. The van der Waals surface area contributed by atoms with Gasteiger partial charge in [0.05, 0.1) is 0 Å². The normalized spacial score (nSPS) is 21.0. The first kappa shape index (κ1) is 17.8. The summed E-state index contributed by atoms with van der Waals surface area (Å²) in [6.07, 6.45) is 0. The number of hydrogen-bond acceptors (Lipinski definition) is 3. The molecule has 0 saturated carbocycles. The zero-order chi connectivity index (χ0) is 18.5. The molecule has 1 amide bonds. The van der Waals surface area contributed by atoms with Gasteiger partial charge in [0, 0.05) is 12.1 Å². The molecule has 27 heavy (non-hydrogen) atoms. The van der Waals surface area contributed by atoms with Gasteiger partial charge < -0.3 is 24.6 Å². The Morgan fingerprint density at radius 3 is 2.44 bits per heavy atom. The SMILES string of the molecule is O=C(C[NH+]1CC[NH+](Cc2ccccc2)CC1)NCc1ccc2c(c1)OCO2. The van der Waals surface area contributed by atoms with E-state index < -0.39 is 0 Å². The molecule has 2 aliphatic heterocycles. The zero-order valence-corrected chi connectivity index (χ0v) is 15.5. The summed E-state index contributed by atoms with van der Waals surface area (Å²) in [4.78, 5) is 15.3. The van der Waals surface area contributed by atoms with Gasteiger partial charge in [0.25, 0.3) is 5.91 Å². The zero-order valence-electron chi connectivity index (χ0n) is 15.5. The molecule has 0 unspecified atom stereocenters. The van der Waals surface area contributed by atoms with Crippen LogP contribution in [-0.2, 0) is 17.9 Å². The smallest absolute Gasteiger partial charge is 0.275 e. The maximum atomic E-state index is 12.3. The van der Waals surface area contributed by atoms with Crippen LogP contribution in [0.1, 0.15) is 11.1 Å². The van der Waals surface area contributed by atoms with Crippen molar-refractivity contribution in [3.8, 4) is 11.5 Å². The maximum absolute atomic E-state index is 12.3. The highest BCUT2D eigenvalue weighted by atomic mass is 16.7. The van der Waals surface area contributed by atoms with E-state index in [2.05, 4.69) is 35.6 Å². The molecule has 0 bridgehead atoms. The molecule has 6 nitrogen and oxygen atoms in total. The summed E-state index contributed by atoms with van der Waals surface area (Å²) in [6.45, 7) is 6.72. The molecule has 0 atom stereocenters. The van der Waals surface area contributed by atoms with Crippen molar-refractivity contribution < 1.29 is 24.1 Å². The van der Waals surface area contributed by atoms with Crippen LogP contribution in [0, 0.1) is 0 Å². The molecule has 1 fully saturated rings. The summed E-state index contributed by atoms with van der Waals surface area (Å²) in [6, 6.07) is 16.4. The average Bonchev–Trinajstić information content (AvgIpc) is 3.17. The number of benzene rings is 2. The predicted octanol–water partition coefficient (Wildman–Crippen LogP) is -0.985. The monoisotopic (exact) mass is 369 g/mol. The van der Waals surface area contributed by atoms with Gasteiger partial charge >= 0.3 is 0 Å². The van der Waals surface area contributed by atoms with E-state index in [0.717, 1.165) is 49.8 Å². The van der Waals surface area contributed by atoms with E-state index in [9.17, 15) is 4.79 Å². The van der Waals surface area contributed by atoms with Crippen molar-refractivity contribution in [3.05, 3.63) is 59.7 Å². The number of carbonyl (C=O) groups excluding carboxylic acids is 1. The number of nitrogens with one attached hydrogen (secondary N) is 3. The quantitative estimate of drug-likeness (QED) is 0.613. The third kappa shape index (κ3) is 4.78. The number of piperazine rings is 1. The maximum Gasteiger partial charge on any atom is 0.275 e. The topological polar surface area (TPSA) is 56.4 Å². The van der Waals surface area contributed by atoms with Crippen molar-refractivity contribution >= 4 is 5.91 Å². The van der Waals surface area contributed by atoms with Gasteiger partial charge in [-0.25, -0.2) is 0 Å². The van der Waals surface area contributed by atoms with E-state index in [0.29, 0.717) is 13.1 Å². The summed E-state index contributed by atoms with van der Waals surface area (Å²) in [5.74, 6) is 1.63. The largest absolute Gasteiger partial charge is 0.454 e. The van der Waals surface area contributed by atoms with E-state index in [4.69, 9.17) is 9.47 Å². The van der Waals surface area contributed by atoms with Gasteiger partial charge in [-0.2, -0.15) is 0 Å². The van der Waals surface area contributed by atoms with Crippen LogP contribution in [0.25, 0.3) is 0 Å². The Morgan fingerprint density at radius 1 is 0.889 bits per heavy atom. The molecule has 142 valence electrons. The third-order valence-corrected chi connectivity index (χ3v) is 5.30. The highest BCUT2D eigenvalue weighted by Crippen LogP contribution is 2.32. The van der Waals surface area contributed by atoms with Crippen LogP contribution in [0.3, 0.4) is 0 Å². The summed E-state index contributed by atoms with van der Waals surface area (Å²) in [7, 11) is 0. The minimum Gasteiger partial charge on any atom is -0.454 e. The first-order valence-corrected chi connectivity index (χ1v) is 9.62. The van der Waals surface area contributed by atoms with Crippen LogP contribution < -0.4 is 24.6 Å². The Kier molecular flexibility index (Phi) is 5.55. The summed E-state index contributed by atoms with van der Waals surface area (Å²) in [5, 5.41) is 3.03. The molecular formula is C21H27N3O3+2. The van der Waals surface area contributed by atoms with Crippen LogP contribution in [0.2, 0.25) is 0 Å². The molecule has 4 rings (SSSR count). The Bertz CT molecular complexity index is 773. The molecule has 0 spiro atoms. The molecular weight excluding hydrogens is 342 g/mol. The Balaban J connectivity index is 1.18. The molecule has 1 saturated heterocycles. The molecule has 2 heterocycles. The van der Waals surface area contributed by atoms with Crippen molar-refractivity contribution in [2.24, 2.45) is 0 Å². The van der Waals surface area contributed by atoms with Crippen LogP contribution in [0.5, 0.6) is 11.5 Å². The van der Waals surface area contributed by atoms with Crippen molar-refractivity contribution in [1.29, 1.82) is 0 Å². The minimum atomic E-state index is 0.106. The average molecular weight is 369 g/mol. The number of fused-ring (bicyclic) bond motifs is 1. The van der Waals surface area contributed by atoms with Gasteiger partial charge in [-0.15, -0.1) is 0 Å². The fourth-order valence-corrected chi connectivity index (χ4v) is 3.74. The lowest BCUT2D eigenvalue weighted by Crippen LogP contribution is -3.28. The van der Waals surface area contributed by atoms with Gasteiger partial charge in [-0.1, -0.05) is 36.4 Å². The Hall–Kier alpha value is -2.57. The van der Waals surface area contributed by atoms with Crippen LogP contribution in [0.4, 0.5) is 0 Å². The van der Waals surface area contributed by atoms with Crippen LogP contribution >= 0.6 is 0 Å². The Morgan fingerprint density at radius 2 is 1.63 bits per heavy atom. The molecule has 0 aliphatic carbocycles. The summed E-state index contributed by atoms with van der Waals surface area (Å²) in [5.41, 5.74) is 2.41. The first-order valence-electron chi connectivity index (χ1n) is 9.62. The van der Waals surface area contributed by atoms with Gasteiger partial charge in [0.1, 0.15) is 32.7 Å². The fourth-order valence-electron chi connectivity index (χ4n) is 3.74. The second kappa shape index (κ2) is 8.41. The summed E-state index contributed by atoms with van der Waals surface area (Å²) < 4.78 is 10.7. The van der Waals surface area contributed by atoms with Gasteiger partial charge in [-0.3, -0.25) is 4.79 Å². The van der Waals surface area contributed by atoms with Crippen molar-refractivity contribution in [1.82, 2.24) is 5.32 Å². The van der Waals surface area contributed by atoms with Crippen molar-refractivity contribution in [3.63, 3.8) is 0 Å². The fraction of sp³-hybridized carbons (Fsp3) is 0.381. The molecule has 2 aliphatic rings. The van der Waals surface area contributed by atoms with E-state index in [1.807, 2.05) is 18.2 Å². The number of rotatable bonds is 6.